The fourth-order valence-corrected chi connectivity index (χ4v) is 2.06. The molecule has 0 fully saturated rings. The van der Waals surface area contributed by atoms with Gasteiger partial charge in [-0.1, -0.05) is 23.3 Å². The summed E-state index contributed by atoms with van der Waals surface area (Å²) in [6.07, 6.45) is 0.122. The van der Waals surface area contributed by atoms with Crippen LogP contribution >= 0.6 is 0 Å². The van der Waals surface area contributed by atoms with Gasteiger partial charge in [0.1, 0.15) is 0 Å². The van der Waals surface area contributed by atoms with E-state index < -0.39 is 0 Å². The van der Waals surface area contributed by atoms with Gasteiger partial charge in [0.15, 0.2) is 0 Å². The summed E-state index contributed by atoms with van der Waals surface area (Å²) in [6.45, 7) is 0. The molecule has 0 unspecified atom stereocenters. The Balaban J connectivity index is 1.71. The number of aromatic amines is 1. The van der Waals surface area contributed by atoms with E-state index in [9.17, 15) is 9.59 Å². The molecule has 0 saturated heterocycles. The second kappa shape index (κ2) is 4.48. The number of nitrogens with zero attached hydrogens (tertiary/aromatic N) is 3. The maximum absolute atomic E-state index is 11.8. The van der Waals surface area contributed by atoms with Crippen LogP contribution in [0.15, 0.2) is 24.3 Å². The minimum absolute atomic E-state index is 0.114. The number of rotatable bonds is 3. The molecule has 8 nitrogen and oxygen atoms in total. The molecule has 19 heavy (non-hydrogen) atoms. The number of tetrazole rings is 1. The van der Waals surface area contributed by atoms with Crippen molar-refractivity contribution in [2.24, 2.45) is 0 Å². The van der Waals surface area contributed by atoms with Crippen molar-refractivity contribution in [2.45, 2.75) is 12.5 Å². The first-order chi connectivity index (χ1) is 9.24. The molecule has 1 aromatic heterocycles. The summed E-state index contributed by atoms with van der Waals surface area (Å²) >= 11 is 0. The Morgan fingerprint density at radius 2 is 2.21 bits per heavy atom. The third-order valence-electron chi connectivity index (χ3n) is 2.87. The molecular weight excluding hydrogens is 248 g/mol. The highest BCUT2D eigenvalue weighted by Gasteiger charge is 2.29. The molecule has 2 heterocycles. The predicted molar refractivity (Wildman–Crippen MR) is 64.1 cm³/mol. The lowest BCUT2D eigenvalue weighted by Gasteiger charge is -2.10. The van der Waals surface area contributed by atoms with Crippen molar-refractivity contribution in [3.8, 4) is 0 Å². The summed E-state index contributed by atoms with van der Waals surface area (Å²) < 4.78 is 0. The highest BCUT2D eigenvalue weighted by molar-refractivity contribution is 6.00. The summed E-state index contributed by atoms with van der Waals surface area (Å²) in [5.74, 6) is -0.334. The monoisotopic (exact) mass is 258 g/mol. The lowest BCUT2D eigenvalue weighted by molar-refractivity contribution is -0.116. The van der Waals surface area contributed by atoms with Crippen LogP contribution in [0.25, 0.3) is 0 Å². The van der Waals surface area contributed by atoms with Crippen LogP contribution < -0.4 is 10.6 Å². The Hall–Kier alpha value is -2.77. The van der Waals surface area contributed by atoms with Gasteiger partial charge in [-0.3, -0.25) is 14.9 Å². The van der Waals surface area contributed by atoms with Crippen LogP contribution in [-0.4, -0.2) is 32.4 Å². The zero-order valence-electron chi connectivity index (χ0n) is 9.75. The number of H-pyrrole nitrogens is 1. The Morgan fingerprint density at radius 3 is 3.00 bits per heavy atom. The Bertz CT molecular complexity index is 624. The lowest BCUT2D eigenvalue weighted by atomic mass is 10.0. The van der Waals surface area contributed by atoms with E-state index in [2.05, 4.69) is 31.3 Å². The summed E-state index contributed by atoms with van der Waals surface area (Å²) in [5, 5.41) is 18.1. The fraction of sp³-hybridized carbons (Fsp3) is 0.182. The van der Waals surface area contributed by atoms with Crippen LogP contribution in [0.1, 0.15) is 28.4 Å². The number of anilines is 1. The van der Waals surface area contributed by atoms with Crippen molar-refractivity contribution < 1.29 is 9.59 Å². The van der Waals surface area contributed by atoms with Crippen LogP contribution in [0, 0.1) is 0 Å². The molecule has 3 N–H and O–H groups in total. The number of carbonyl (C=O) groups is 2. The second-order valence-electron chi connectivity index (χ2n) is 4.10. The highest BCUT2D eigenvalue weighted by Crippen LogP contribution is 2.27. The van der Waals surface area contributed by atoms with E-state index in [1.165, 1.54) is 0 Å². The molecule has 1 atom stereocenters. The molecule has 96 valence electrons. The molecule has 8 heteroatoms. The largest absolute Gasteiger partial charge is 0.345 e. The number of hydrogen-bond donors (Lipinski definition) is 3. The van der Waals surface area contributed by atoms with Crippen LogP contribution in [0.2, 0.25) is 0 Å². The number of benzene rings is 1. The van der Waals surface area contributed by atoms with Gasteiger partial charge in [0, 0.05) is 5.56 Å². The van der Waals surface area contributed by atoms with Gasteiger partial charge in [-0.2, -0.15) is 5.21 Å². The number of aromatic nitrogens is 4. The predicted octanol–water partition coefficient (Wildman–Crippen LogP) is 0.0130. The van der Waals surface area contributed by atoms with Gasteiger partial charge in [0.25, 0.3) is 11.9 Å². The van der Waals surface area contributed by atoms with Crippen LogP contribution in [0.5, 0.6) is 0 Å². The van der Waals surface area contributed by atoms with Crippen molar-refractivity contribution in [2.75, 3.05) is 5.32 Å². The van der Waals surface area contributed by atoms with Crippen molar-refractivity contribution in [1.29, 1.82) is 0 Å². The maximum Gasteiger partial charge on any atom is 0.269 e. The van der Waals surface area contributed by atoms with E-state index in [-0.39, 0.29) is 30.2 Å². The summed E-state index contributed by atoms with van der Waals surface area (Å²) in [5.41, 5.74) is 1.44. The number of hydrogen-bond acceptors (Lipinski definition) is 5. The van der Waals surface area contributed by atoms with Crippen molar-refractivity contribution >= 4 is 17.8 Å². The van der Waals surface area contributed by atoms with Gasteiger partial charge in [-0.25, -0.2) is 0 Å². The molecule has 2 aromatic rings. The topological polar surface area (TPSA) is 113 Å². The Morgan fingerprint density at radius 1 is 1.37 bits per heavy atom. The van der Waals surface area contributed by atoms with Gasteiger partial charge in [0.2, 0.25) is 5.91 Å². The van der Waals surface area contributed by atoms with Crippen molar-refractivity contribution in [1.82, 2.24) is 25.9 Å². The van der Waals surface area contributed by atoms with Crippen LogP contribution in [-0.2, 0) is 4.79 Å². The molecule has 1 aromatic carbocycles. The third kappa shape index (κ3) is 2.15. The molecule has 0 radical (unpaired) electrons. The number of fused-ring (bicyclic) bond motifs is 1. The SMILES string of the molecule is O=C(C[C@@H]1NC(=O)c2ccccc21)Nc1nn[nH]n1. The minimum Gasteiger partial charge on any atom is -0.345 e. The van der Waals surface area contributed by atoms with E-state index in [1.807, 2.05) is 12.1 Å². The fourth-order valence-electron chi connectivity index (χ4n) is 2.06. The Kier molecular flexibility index (Phi) is 2.67. The molecule has 2 amide bonds. The lowest BCUT2D eigenvalue weighted by Crippen LogP contribution is -2.24. The first-order valence-electron chi connectivity index (χ1n) is 5.67. The molecule has 0 aliphatic carbocycles. The number of nitrogens with one attached hydrogen (secondary N) is 3. The first kappa shape index (κ1) is 11.3. The van der Waals surface area contributed by atoms with Crippen molar-refractivity contribution in [3.05, 3.63) is 35.4 Å². The third-order valence-corrected chi connectivity index (χ3v) is 2.87. The van der Waals surface area contributed by atoms with Crippen molar-refractivity contribution in [3.63, 3.8) is 0 Å². The van der Waals surface area contributed by atoms with Gasteiger partial charge < -0.3 is 5.32 Å². The van der Waals surface area contributed by atoms with Gasteiger partial charge >= 0.3 is 0 Å². The van der Waals surface area contributed by atoms with Gasteiger partial charge in [-0.05, 0) is 16.8 Å². The van der Waals surface area contributed by atoms with E-state index in [4.69, 9.17) is 0 Å². The zero-order valence-corrected chi connectivity index (χ0v) is 9.75. The molecular formula is C11H10N6O2. The van der Waals surface area contributed by atoms with E-state index >= 15 is 0 Å². The van der Waals surface area contributed by atoms with E-state index in [1.54, 1.807) is 12.1 Å². The molecule has 0 spiro atoms. The summed E-state index contributed by atoms with van der Waals surface area (Å²) in [6, 6.07) is 6.88. The molecule has 0 saturated carbocycles. The zero-order chi connectivity index (χ0) is 13.2. The molecule has 3 rings (SSSR count). The average Bonchev–Trinajstić information content (AvgIpc) is 3.00. The number of amides is 2. The maximum atomic E-state index is 11.8. The van der Waals surface area contributed by atoms with Gasteiger partial charge in [0.05, 0.1) is 12.5 Å². The second-order valence-corrected chi connectivity index (χ2v) is 4.10. The normalized spacial score (nSPS) is 16.8. The average molecular weight is 258 g/mol. The smallest absolute Gasteiger partial charge is 0.269 e. The molecule has 1 aliphatic heterocycles. The molecule has 1 aliphatic rings. The minimum atomic E-state index is -0.324. The van der Waals surface area contributed by atoms with Crippen LogP contribution in [0.4, 0.5) is 5.95 Å². The summed E-state index contributed by atoms with van der Waals surface area (Å²) in [7, 11) is 0. The van der Waals surface area contributed by atoms with E-state index in [0.29, 0.717) is 5.56 Å². The first-order valence-corrected chi connectivity index (χ1v) is 5.67. The number of carbonyl (C=O) groups excluding carboxylic acids is 2. The molecule has 0 bridgehead atoms. The Labute approximate surface area is 107 Å². The standard InChI is InChI=1S/C11H10N6O2/c18-9(13-11-14-16-17-15-11)5-8-6-3-1-2-4-7(6)10(19)12-8/h1-4,8H,5H2,(H,12,19)(H2,13,14,15,16,17,18)/t8-/m0/s1. The summed E-state index contributed by atoms with van der Waals surface area (Å²) in [4.78, 5) is 23.5. The van der Waals surface area contributed by atoms with Crippen LogP contribution in [0.3, 0.4) is 0 Å². The van der Waals surface area contributed by atoms with E-state index in [0.717, 1.165) is 5.56 Å². The van der Waals surface area contributed by atoms with Gasteiger partial charge in [-0.15, -0.1) is 5.10 Å². The highest BCUT2D eigenvalue weighted by atomic mass is 16.2. The quantitative estimate of drug-likeness (QED) is 0.718.